The van der Waals surface area contributed by atoms with E-state index in [9.17, 15) is 4.79 Å². The zero-order valence-corrected chi connectivity index (χ0v) is 13.8. The van der Waals surface area contributed by atoms with E-state index in [4.69, 9.17) is 9.47 Å². The summed E-state index contributed by atoms with van der Waals surface area (Å²) < 4.78 is 11.4. The largest absolute Gasteiger partial charge is 0.496 e. The van der Waals surface area contributed by atoms with Gasteiger partial charge in [-0.2, -0.15) is 0 Å². The summed E-state index contributed by atoms with van der Waals surface area (Å²) >= 11 is 3.44. The number of carbonyl (C=O) groups is 1. The summed E-state index contributed by atoms with van der Waals surface area (Å²) in [6, 6.07) is 12.7. The van der Waals surface area contributed by atoms with Crippen molar-refractivity contribution in [1.29, 1.82) is 0 Å². The van der Waals surface area contributed by atoms with Gasteiger partial charge in [0.2, 0.25) is 0 Å². The van der Waals surface area contributed by atoms with E-state index in [0.29, 0.717) is 23.0 Å². The van der Waals surface area contributed by atoms with Crippen molar-refractivity contribution in [2.75, 3.05) is 7.11 Å². The molecule has 3 nitrogen and oxygen atoms in total. The molecule has 0 saturated carbocycles. The van der Waals surface area contributed by atoms with Crippen molar-refractivity contribution >= 4 is 21.9 Å². The van der Waals surface area contributed by atoms with E-state index in [1.807, 2.05) is 18.2 Å². The minimum Gasteiger partial charge on any atom is -0.496 e. The molecule has 0 atom stereocenters. The van der Waals surface area contributed by atoms with Gasteiger partial charge in [0.1, 0.15) is 17.1 Å². The molecule has 0 radical (unpaired) electrons. The van der Waals surface area contributed by atoms with Crippen molar-refractivity contribution in [3.8, 4) is 11.5 Å². The fourth-order valence-electron chi connectivity index (χ4n) is 1.93. The molecule has 0 spiro atoms. The molecule has 0 fully saturated rings. The van der Waals surface area contributed by atoms with E-state index >= 15 is 0 Å². The third-order valence-electron chi connectivity index (χ3n) is 3.15. The minimum atomic E-state index is -0.439. The van der Waals surface area contributed by atoms with Gasteiger partial charge in [-0.3, -0.25) is 0 Å². The summed E-state index contributed by atoms with van der Waals surface area (Å²) in [6.07, 6.45) is 0. The summed E-state index contributed by atoms with van der Waals surface area (Å²) in [7, 11) is 1.53. The molecule has 21 heavy (non-hydrogen) atoms. The third kappa shape index (κ3) is 3.64. The number of carbonyl (C=O) groups excluding carboxylic acids is 1. The molecule has 0 aliphatic heterocycles. The van der Waals surface area contributed by atoms with Gasteiger partial charge >= 0.3 is 5.97 Å². The van der Waals surface area contributed by atoms with Gasteiger partial charge in [-0.1, -0.05) is 32.0 Å². The smallest absolute Gasteiger partial charge is 0.347 e. The van der Waals surface area contributed by atoms with Crippen LogP contribution < -0.4 is 9.47 Å². The number of halogens is 1. The highest BCUT2D eigenvalue weighted by Gasteiger charge is 2.15. The zero-order chi connectivity index (χ0) is 15.4. The molecular formula is C17H17BrO3. The summed E-state index contributed by atoms with van der Waals surface area (Å²) in [4.78, 5) is 12.2. The van der Waals surface area contributed by atoms with Gasteiger partial charge in [0, 0.05) is 0 Å². The maximum atomic E-state index is 12.2. The monoisotopic (exact) mass is 348 g/mol. The van der Waals surface area contributed by atoms with Gasteiger partial charge in [0.25, 0.3) is 0 Å². The second-order valence-corrected chi connectivity index (χ2v) is 5.79. The molecule has 0 saturated heterocycles. The predicted octanol–water partition coefficient (Wildman–Crippen LogP) is 4.80. The lowest BCUT2D eigenvalue weighted by Crippen LogP contribution is -2.10. The number of hydrogen-bond acceptors (Lipinski definition) is 3. The number of methoxy groups -OCH3 is 1. The Bertz CT molecular complexity index is 650. The highest BCUT2D eigenvalue weighted by Crippen LogP contribution is 2.30. The van der Waals surface area contributed by atoms with Crippen LogP contribution in [0.1, 0.15) is 35.7 Å². The van der Waals surface area contributed by atoms with Crippen LogP contribution in [0.4, 0.5) is 0 Å². The lowest BCUT2D eigenvalue weighted by Gasteiger charge is -2.11. The molecule has 2 aromatic carbocycles. The van der Waals surface area contributed by atoms with Crippen LogP contribution >= 0.6 is 15.9 Å². The molecule has 0 aliphatic carbocycles. The van der Waals surface area contributed by atoms with Crippen molar-refractivity contribution < 1.29 is 14.3 Å². The first-order chi connectivity index (χ1) is 10.0. The molecule has 0 amide bonds. The lowest BCUT2D eigenvalue weighted by molar-refractivity contribution is 0.0730. The van der Waals surface area contributed by atoms with Crippen LogP contribution in [-0.4, -0.2) is 13.1 Å². The zero-order valence-electron chi connectivity index (χ0n) is 12.2. The number of rotatable bonds is 4. The first-order valence-electron chi connectivity index (χ1n) is 6.67. The Labute approximate surface area is 133 Å². The summed E-state index contributed by atoms with van der Waals surface area (Å²) in [5.41, 5.74) is 1.58. The Hall–Kier alpha value is -1.81. The fourth-order valence-corrected chi connectivity index (χ4v) is 2.40. The molecule has 110 valence electrons. The highest BCUT2D eigenvalue weighted by atomic mass is 79.9. The van der Waals surface area contributed by atoms with Crippen LogP contribution in [0.25, 0.3) is 0 Å². The van der Waals surface area contributed by atoms with E-state index in [1.165, 1.54) is 12.7 Å². The summed E-state index contributed by atoms with van der Waals surface area (Å²) in [5.74, 6) is 0.971. The molecule has 4 heteroatoms. The molecule has 0 aliphatic rings. The Morgan fingerprint density at radius 3 is 2.43 bits per heavy atom. The van der Waals surface area contributed by atoms with Crippen molar-refractivity contribution in [2.45, 2.75) is 19.8 Å². The molecule has 2 aromatic rings. The van der Waals surface area contributed by atoms with Crippen LogP contribution in [0.3, 0.4) is 0 Å². The number of ether oxygens (including phenoxy) is 2. The quantitative estimate of drug-likeness (QED) is 0.588. The molecule has 0 unspecified atom stereocenters. The number of hydrogen-bond donors (Lipinski definition) is 0. The number of para-hydroxylation sites is 1. The Balaban J connectivity index is 2.24. The average Bonchev–Trinajstić information content (AvgIpc) is 2.48. The van der Waals surface area contributed by atoms with Crippen LogP contribution in [0, 0.1) is 0 Å². The fraction of sp³-hybridized carbons (Fsp3) is 0.235. The van der Waals surface area contributed by atoms with E-state index in [2.05, 4.69) is 29.8 Å². The second kappa shape index (κ2) is 6.76. The number of benzene rings is 2. The Morgan fingerprint density at radius 2 is 1.81 bits per heavy atom. The van der Waals surface area contributed by atoms with Crippen LogP contribution in [-0.2, 0) is 0 Å². The topological polar surface area (TPSA) is 35.5 Å². The first-order valence-corrected chi connectivity index (χ1v) is 7.47. The molecule has 0 N–H and O–H groups in total. The van der Waals surface area contributed by atoms with Crippen LogP contribution in [0.5, 0.6) is 11.5 Å². The predicted molar refractivity (Wildman–Crippen MR) is 86.2 cm³/mol. The van der Waals surface area contributed by atoms with Gasteiger partial charge in [0.15, 0.2) is 0 Å². The maximum Gasteiger partial charge on any atom is 0.347 e. The van der Waals surface area contributed by atoms with Crippen LogP contribution in [0.2, 0.25) is 0 Å². The average molecular weight is 349 g/mol. The van der Waals surface area contributed by atoms with Crippen molar-refractivity contribution in [1.82, 2.24) is 0 Å². The normalized spacial score (nSPS) is 10.5. The van der Waals surface area contributed by atoms with E-state index in [0.717, 1.165) is 4.47 Å². The van der Waals surface area contributed by atoms with Gasteiger partial charge in [-0.15, -0.1) is 0 Å². The minimum absolute atomic E-state index is 0.403. The van der Waals surface area contributed by atoms with Crippen LogP contribution in [0.15, 0.2) is 46.9 Å². The molecule has 0 aromatic heterocycles. The second-order valence-electron chi connectivity index (χ2n) is 4.93. The van der Waals surface area contributed by atoms with Gasteiger partial charge < -0.3 is 9.47 Å². The molecule has 0 bridgehead atoms. The Morgan fingerprint density at radius 1 is 1.10 bits per heavy atom. The van der Waals surface area contributed by atoms with Gasteiger partial charge in [-0.05, 0) is 51.7 Å². The molecule has 0 heterocycles. The lowest BCUT2D eigenvalue weighted by atomic mass is 10.0. The summed E-state index contributed by atoms with van der Waals surface area (Å²) in [5, 5.41) is 0. The first kappa shape index (κ1) is 15.6. The third-order valence-corrected chi connectivity index (χ3v) is 3.77. The standard InChI is InChI=1S/C17H17BrO3/c1-11(2)12-8-9-16(14(18)10-12)21-17(19)13-6-4-5-7-15(13)20-3/h4-11H,1-3H3. The van der Waals surface area contributed by atoms with Gasteiger partial charge in [-0.25, -0.2) is 4.79 Å². The molecular weight excluding hydrogens is 332 g/mol. The number of esters is 1. The van der Waals surface area contributed by atoms with Crippen molar-refractivity contribution in [3.63, 3.8) is 0 Å². The van der Waals surface area contributed by atoms with Crippen molar-refractivity contribution in [2.24, 2.45) is 0 Å². The maximum absolute atomic E-state index is 12.2. The Kier molecular flexibility index (Phi) is 5.02. The highest BCUT2D eigenvalue weighted by molar-refractivity contribution is 9.10. The van der Waals surface area contributed by atoms with Gasteiger partial charge in [0.05, 0.1) is 11.6 Å². The van der Waals surface area contributed by atoms with Crippen molar-refractivity contribution in [3.05, 3.63) is 58.1 Å². The van der Waals surface area contributed by atoms with E-state index in [-0.39, 0.29) is 0 Å². The molecule has 2 rings (SSSR count). The SMILES string of the molecule is COc1ccccc1C(=O)Oc1ccc(C(C)C)cc1Br. The van der Waals surface area contributed by atoms with E-state index in [1.54, 1.807) is 24.3 Å². The summed E-state index contributed by atoms with van der Waals surface area (Å²) in [6.45, 7) is 4.23. The van der Waals surface area contributed by atoms with E-state index < -0.39 is 5.97 Å².